The van der Waals surface area contributed by atoms with Gasteiger partial charge in [-0.3, -0.25) is 0 Å². The van der Waals surface area contributed by atoms with Crippen molar-refractivity contribution in [2.75, 3.05) is 0 Å². The predicted molar refractivity (Wildman–Crippen MR) is 70.8 cm³/mol. The summed E-state index contributed by atoms with van der Waals surface area (Å²) in [4.78, 5) is 12.3. The second kappa shape index (κ2) is 4.00. The zero-order chi connectivity index (χ0) is 12.9. The fourth-order valence-electron chi connectivity index (χ4n) is 2.08. The van der Waals surface area contributed by atoms with Gasteiger partial charge >= 0.3 is 5.97 Å². The number of aromatic carboxylic acids is 1. The van der Waals surface area contributed by atoms with Gasteiger partial charge in [0.15, 0.2) is 0 Å². The molecule has 18 heavy (non-hydrogen) atoms. The number of hydrogen-bond donors (Lipinski definition) is 1. The van der Waals surface area contributed by atoms with Crippen molar-refractivity contribution in [1.29, 1.82) is 0 Å². The molecule has 5 heteroatoms. The van der Waals surface area contributed by atoms with Gasteiger partial charge in [-0.05, 0) is 24.6 Å². The normalized spacial score (nSPS) is 12.6. The van der Waals surface area contributed by atoms with Crippen molar-refractivity contribution in [2.24, 2.45) is 0 Å². The Morgan fingerprint density at radius 1 is 1.50 bits per heavy atom. The number of benzene rings is 1. The van der Waals surface area contributed by atoms with Gasteiger partial charge in [0.25, 0.3) is 0 Å². The number of carboxylic acid groups (broad SMARTS) is 1. The molecule has 0 spiro atoms. The third kappa shape index (κ3) is 1.61. The molecule has 1 aromatic carbocycles. The van der Waals surface area contributed by atoms with Crippen molar-refractivity contribution >= 4 is 28.9 Å². The lowest BCUT2D eigenvalue weighted by molar-refractivity contribution is 0.0702. The highest BCUT2D eigenvalue weighted by atomic mass is 35.5. The third-order valence-electron chi connectivity index (χ3n) is 2.94. The minimum absolute atomic E-state index is 0.329. The minimum atomic E-state index is -0.907. The monoisotopic (exact) mass is 280 g/mol. The summed E-state index contributed by atoms with van der Waals surface area (Å²) in [6.45, 7) is 2.34. The van der Waals surface area contributed by atoms with Crippen LogP contribution in [0.5, 0.6) is 5.75 Å². The molecule has 2 heterocycles. The fourth-order valence-corrected chi connectivity index (χ4v) is 3.41. The summed E-state index contributed by atoms with van der Waals surface area (Å²) < 4.78 is 5.64. The van der Waals surface area contributed by atoms with Gasteiger partial charge in [-0.2, -0.15) is 0 Å². The molecular formula is C13H9ClO3S. The molecule has 3 rings (SSSR count). The lowest BCUT2D eigenvalue weighted by Gasteiger charge is -2.20. The van der Waals surface area contributed by atoms with Crippen LogP contribution in [0.2, 0.25) is 5.02 Å². The van der Waals surface area contributed by atoms with E-state index in [4.69, 9.17) is 21.4 Å². The Morgan fingerprint density at radius 3 is 3.00 bits per heavy atom. The van der Waals surface area contributed by atoms with Crippen LogP contribution in [0.4, 0.5) is 0 Å². The highest BCUT2D eigenvalue weighted by Gasteiger charge is 2.25. The molecule has 0 amide bonds. The maximum Gasteiger partial charge on any atom is 0.345 e. The van der Waals surface area contributed by atoms with Crippen molar-refractivity contribution in [3.05, 3.63) is 39.2 Å². The second-order valence-corrected chi connectivity index (χ2v) is 5.59. The second-order valence-electron chi connectivity index (χ2n) is 4.13. The number of rotatable bonds is 1. The van der Waals surface area contributed by atoms with Crippen LogP contribution in [0, 0.1) is 6.92 Å². The number of ether oxygens (including phenoxy) is 1. The van der Waals surface area contributed by atoms with Crippen LogP contribution >= 0.6 is 22.9 Å². The Labute approximate surface area is 113 Å². The zero-order valence-corrected chi connectivity index (χ0v) is 11.1. The molecule has 1 aromatic heterocycles. The summed E-state index contributed by atoms with van der Waals surface area (Å²) in [5.41, 5.74) is 2.87. The molecule has 1 aliphatic heterocycles. The molecular weight excluding hydrogens is 272 g/mol. The van der Waals surface area contributed by atoms with Gasteiger partial charge in [-0.15, -0.1) is 11.3 Å². The average Bonchev–Trinajstić information content (AvgIpc) is 2.77. The molecule has 0 saturated heterocycles. The highest BCUT2D eigenvalue weighted by Crippen LogP contribution is 2.47. The summed E-state index contributed by atoms with van der Waals surface area (Å²) in [7, 11) is 0. The molecule has 1 N–H and O–H groups in total. The first-order valence-electron chi connectivity index (χ1n) is 5.36. The van der Waals surface area contributed by atoms with Crippen LogP contribution in [0.3, 0.4) is 0 Å². The van der Waals surface area contributed by atoms with E-state index in [1.54, 1.807) is 12.1 Å². The Kier molecular flexibility index (Phi) is 2.57. The van der Waals surface area contributed by atoms with Crippen molar-refractivity contribution < 1.29 is 14.6 Å². The van der Waals surface area contributed by atoms with Crippen LogP contribution in [0.25, 0.3) is 10.4 Å². The van der Waals surface area contributed by atoms with Gasteiger partial charge in [-0.25, -0.2) is 4.79 Å². The smallest absolute Gasteiger partial charge is 0.345 e. The lowest BCUT2D eigenvalue weighted by Crippen LogP contribution is -2.04. The first kappa shape index (κ1) is 11.6. The van der Waals surface area contributed by atoms with Crippen molar-refractivity contribution in [3.63, 3.8) is 0 Å². The van der Waals surface area contributed by atoms with Gasteiger partial charge in [-0.1, -0.05) is 17.7 Å². The van der Waals surface area contributed by atoms with Crippen molar-refractivity contribution in [1.82, 2.24) is 0 Å². The molecule has 0 atom stereocenters. The lowest BCUT2D eigenvalue weighted by atomic mass is 10.0. The van der Waals surface area contributed by atoms with Gasteiger partial charge < -0.3 is 9.84 Å². The topological polar surface area (TPSA) is 46.5 Å². The maximum atomic E-state index is 11.0. The fraction of sp³-hybridized carbons (Fsp3) is 0.154. The van der Waals surface area contributed by atoms with Crippen LogP contribution in [0.15, 0.2) is 18.2 Å². The first-order valence-corrected chi connectivity index (χ1v) is 6.55. The molecule has 0 bridgehead atoms. The number of aryl methyl sites for hydroxylation is 1. The Bertz CT molecular complexity index is 660. The van der Waals surface area contributed by atoms with Gasteiger partial charge in [0.2, 0.25) is 0 Å². The van der Waals surface area contributed by atoms with E-state index in [1.807, 2.05) is 13.0 Å². The SMILES string of the molecule is Cc1ccc(Cl)c2c1-c1sc(C(=O)O)cc1CO2. The number of thiophene rings is 1. The van der Waals surface area contributed by atoms with Crippen LogP contribution < -0.4 is 4.74 Å². The van der Waals surface area contributed by atoms with Crippen LogP contribution in [0.1, 0.15) is 20.8 Å². The van der Waals surface area contributed by atoms with E-state index >= 15 is 0 Å². The van der Waals surface area contributed by atoms with Gasteiger partial charge in [0, 0.05) is 16.0 Å². The van der Waals surface area contributed by atoms with E-state index in [2.05, 4.69) is 0 Å². The Morgan fingerprint density at radius 2 is 2.28 bits per heavy atom. The number of carboxylic acids is 1. The molecule has 0 unspecified atom stereocenters. The molecule has 0 aliphatic carbocycles. The van der Waals surface area contributed by atoms with E-state index in [0.717, 1.165) is 21.6 Å². The average molecular weight is 281 g/mol. The standard InChI is InChI=1S/C13H9ClO3S/c1-6-2-3-8(14)11-10(6)12-7(5-17-11)4-9(18-12)13(15)16/h2-4H,5H2,1H3,(H,15,16). The number of hydrogen-bond acceptors (Lipinski definition) is 3. The highest BCUT2D eigenvalue weighted by molar-refractivity contribution is 7.17. The van der Waals surface area contributed by atoms with Crippen LogP contribution in [-0.2, 0) is 6.61 Å². The maximum absolute atomic E-state index is 11.0. The van der Waals surface area contributed by atoms with E-state index in [0.29, 0.717) is 22.3 Å². The van der Waals surface area contributed by atoms with Crippen LogP contribution in [-0.4, -0.2) is 11.1 Å². The summed E-state index contributed by atoms with van der Waals surface area (Å²) in [6.07, 6.45) is 0. The molecule has 3 nitrogen and oxygen atoms in total. The predicted octanol–water partition coefficient (Wildman–Crippen LogP) is 3.97. The molecule has 0 fully saturated rings. The quantitative estimate of drug-likeness (QED) is 0.860. The minimum Gasteiger partial charge on any atom is -0.487 e. The number of fused-ring (bicyclic) bond motifs is 3. The van der Waals surface area contributed by atoms with E-state index in [9.17, 15) is 4.79 Å². The largest absolute Gasteiger partial charge is 0.487 e. The van der Waals surface area contributed by atoms with E-state index in [1.165, 1.54) is 11.3 Å². The summed E-state index contributed by atoms with van der Waals surface area (Å²) in [5.74, 6) is -0.251. The van der Waals surface area contributed by atoms with Crippen molar-refractivity contribution in [2.45, 2.75) is 13.5 Å². The number of halogens is 1. The van der Waals surface area contributed by atoms with Gasteiger partial charge in [0.1, 0.15) is 17.2 Å². The first-order chi connectivity index (χ1) is 8.58. The molecule has 0 radical (unpaired) electrons. The summed E-state index contributed by atoms with van der Waals surface area (Å²) in [6, 6.07) is 5.39. The molecule has 1 aliphatic rings. The molecule has 0 saturated carbocycles. The third-order valence-corrected chi connectivity index (χ3v) is 4.42. The van der Waals surface area contributed by atoms with Gasteiger partial charge in [0.05, 0.1) is 5.02 Å². The summed E-state index contributed by atoms with van der Waals surface area (Å²) in [5, 5.41) is 9.61. The Hall–Kier alpha value is -1.52. The van der Waals surface area contributed by atoms with E-state index in [-0.39, 0.29) is 0 Å². The Balaban J connectivity index is 2.28. The zero-order valence-electron chi connectivity index (χ0n) is 9.49. The van der Waals surface area contributed by atoms with E-state index < -0.39 is 5.97 Å². The number of carbonyl (C=O) groups is 1. The van der Waals surface area contributed by atoms with Crippen molar-refractivity contribution in [3.8, 4) is 16.2 Å². The molecule has 2 aromatic rings. The molecule has 92 valence electrons. The summed E-state index contributed by atoms with van der Waals surface area (Å²) >= 11 is 7.38.